The van der Waals surface area contributed by atoms with Crippen LogP contribution in [0, 0.1) is 0 Å². The van der Waals surface area contributed by atoms with Crippen molar-refractivity contribution in [2.75, 3.05) is 20.1 Å². The van der Waals surface area contributed by atoms with Gasteiger partial charge in [-0.15, -0.1) is 0 Å². The van der Waals surface area contributed by atoms with E-state index in [1.54, 1.807) is 12.5 Å². The van der Waals surface area contributed by atoms with Gasteiger partial charge in [0.1, 0.15) is 5.15 Å². The normalized spacial score (nSPS) is 20.2. The van der Waals surface area contributed by atoms with Crippen molar-refractivity contribution in [3.8, 4) is 0 Å². The summed E-state index contributed by atoms with van der Waals surface area (Å²) < 4.78 is 2.02. The van der Waals surface area contributed by atoms with Crippen LogP contribution in [0.5, 0.6) is 0 Å². The average molecular weight is 172 g/mol. The molecule has 60 valence electrons. The Balaban J connectivity index is 2.12. The van der Waals surface area contributed by atoms with Crippen LogP contribution in [-0.2, 0) is 0 Å². The van der Waals surface area contributed by atoms with E-state index in [2.05, 4.69) is 16.9 Å². The second kappa shape index (κ2) is 2.50. The van der Waals surface area contributed by atoms with Crippen LogP contribution < -0.4 is 0 Å². The van der Waals surface area contributed by atoms with Crippen LogP contribution in [0.1, 0.15) is 6.04 Å². The van der Waals surface area contributed by atoms with Gasteiger partial charge in [0, 0.05) is 13.1 Å². The second-order valence-corrected chi connectivity index (χ2v) is 3.39. The molecule has 0 radical (unpaired) electrons. The third kappa shape index (κ3) is 1.14. The zero-order chi connectivity index (χ0) is 7.84. The van der Waals surface area contributed by atoms with Crippen molar-refractivity contribution in [3.05, 3.63) is 17.7 Å². The smallest absolute Gasteiger partial charge is 0.128 e. The van der Waals surface area contributed by atoms with Gasteiger partial charge in [-0.2, -0.15) is 0 Å². The predicted molar refractivity (Wildman–Crippen MR) is 43.8 cm³/mol. The van der Waals surface area contributed by atoms with E-state index in [1.165, 1.54) is 0 Å². The fourth-order valence-electron chi connectivity index (χ4n) is 1.40. The van der Waals surface area contributed by atoms with Gasteiger partial charge in [0.25, 0.3) is 0 Å². The standard InChI is InChI=1S/C7H10ClN3/c1-10-3-6(4-10)11-5-9-2-7(11)8/h2,5-6H,3-4H2,1H3. The number of halogens is 1. The Bertz CT molecular complexity index is 252. The van der Waals surface area contributed by atoms with E-state index in [0.717, 1.165) is 18.2 Å². The first kappa shape index (κ1) is 7.13. The molecule has 0 bridgehead atoms. The quantitative estimate of drug-likeness (QED) is 0.629. The summed E-state index contributed by atoms with van der Waals surface area (Å²) in [4.78, 5) is 6.21. The Morgan fingerprint density at radius 3 is 2.82 bits per heavy atom. The number of nitrogens with zero attached hydrogens (tertiary/aromatic N) is 3. The van der Waals surface area contributed by atoms with E-state index in [4.69, 9.17) is 11.6 Å². The van der Waals surface area contributed by atoms with E-state index in [0.29, 0.717) is 6.04 Å². The summed E-state index contributed by atoms with van der Waals surface area (Å²) >= 11 is 5.88. The van der Waals surface area contributed by atoms with Crippen LogP contribution in [-0.4, -0.2) is 34.6 Å². The van der Waals surface area contributed by atoms with Gasteiger partial charge in [-0.25, -0.2) is 4.98 Å². The molecule has 1 aromatic rings. The first-order valence-corrected chi connectivity index (χ1v) is 4.01. The Morgan fingerprint density at radius 1 is 1.64 bits per heavy atom. The molecule has 4 heteroatoms. The fourth-order valence-corrected chi connectivity index (χ4v) is 1.64. The van der Waals surface area contributed by atoms with Crippen molar-refractivity contribution in [1.29, 1.82) is 0 Å². The third-order valence-corrected chi connectivity index (χ3v) is 2.35. The van der Waals surface area contributed by atoms with Gasteiger partial charge >= 0.3 is 0 Å². The van der Waals surface area contributed by atoms with Gasteiger partial charge < -0.3 is 9.47 Å². The monoisotopic (exact) mass is 171 g/mol. The van der Waals surface area contributed by atoms with E-state index >= 15 is 0 Å². The van der Waals surface area contributed by atoms with E-state index in [-0.39, 0.29) is 0 Å². The minimum absolute atomic E-state index is 0.537. The van der Waals surface area contributed by atoms with Gasteiger partial charge in [0.05, 0.1) is 18.6 Å². The van der Waals surface area contributed by atoms with E-state index < -0.39 is 0 Å². The van der Waals surface area contributed by atoms with Crippen molar-refractivity contribution in [2.45, 2.75) is 6.04 Å². The van der Waals surface area contributed by atoms with Crippen LogP contribution in [0.15, 0.2) is 12.5 Å². The lowest BCUT2D eigenvalue weighted by Crippen LogP contribution is -2.44. The van der Waals surface area contributed by atoms with E-state index in [1.807, 2.05) is 4.57 Å². The highest BCUT2D eigenvalue weighted by Gasteiger charge is 2.25. The SMILES string of the molecule is CN1CC(n2cncc2Cl)C1. The van der Waals surface area contributed by atoms with Crippen molar-refractivity contribution in [3.63, 3.8) is 0 Å². The summed E-state index contributed by atoms with van der Waals surface area (Å²) in [6.45, 7) is 2.16. The summed E-state index contributed by atoms with van der Waals surface area (Å²) in [6, 6.07) is 0.537. The summed E-state index contributed by atoms with van der Waals surface area (Å²) in [5.41, 5.74) is 0. The van der Waals surface area contributed by atoms with Crippen molar-refractivity contribution >= 4 is 11.6 Å². The lowest BCUT2D eigenvalue weighted by atomic mass is 10.1. The molecule has 1 aliphatic heterocycles. The number of imidazole rings is 1. The molecule has 11 heavy (non-hydrogen) atoms. The molecule has 0 aliphatic carbocycles. The number of hydrogen-bond acceptors (Lipinski definition) is 2. The molecule has 2 rings (SSSR count). The Hall–Kier alpha value is -0.540. The number of rotatable bonds is 1. The zero-order valence-corrected chi connectivity index (χ0v) is 7.12. The molecular weight excluding hydrogens is 162 g/mol. The minimum Gasteiger partial charge on any atom is -0.316 e. The molecule has 1 saturated heterocycles. The molecular formula is C7H10ClN3. The van der Waals surface area contributed by atoms with Crippen LogP contribution in [0.3, 0.4) is 0 Å². The number of likely N-dealkylation sites (tertiary alicyclic amines) is 1. The molecule has 0 saturated carbocycles. The summed E-state index contributed by atoms with van der Waals surface area (Å²) in [5.74, 6) is 0. The third-order valence-electron chi connectivity index (χ3n) is 2.06. The lowest BCUT2D eigenvalue weighted by molar-refractivity contribution is 0.141. The molecule has 2 heterocycles. The largest absolute Gasteiger partial charge is 0.316 e. The maximum absolute atomic E-state index is 5.88. The van der Waals surface area contributed by atoms with Crippen LogP contribution >= 0.6 is 11.6 Å². The second-order valence-electron chi connectivity index (χ2n) is 3.00. The first-order valence-electron chi connectivity index (χ1n) is 3.63. The maximum Gasteiger partial charge on any atom is 0.128 e. The summed E-state index contributed by atoms with van der Waals surface area (Å²) in [5, 5.41) is 0.739. The minimum atomic E-state index is 0.537. The number of likely N-dealkylation sites (N-methyl/N-ethyl adjacent to an activating group) is 1. The molecule has 0 unspecified atom stereocenters. The van der Waals surface area contributed by atoms with Gasteiger partial charge in [-0.1, -0.05) is 11.6 Å². The first-order chi connectivity index (χ1) is 5.27. The Labute approximate surface area is 70.6 Å². The van der Waals surface area contributed by atoms with Crippen LogP contribution in [0.4, 0.5) is 0 Å². The zero-order valence-electron chi connectivity index (χ0n) is 6.37. The van der Waals surface area contributed by atoms with E-state index in [9.17, 15) is 0 Å². The highest BCUT2D eigenvalue weighted by atomic mass is 35.5. The highest BCUT2D eigenvalue weighted by Crippen LogP contribution is 2.22. The van der Waals surface area contributed by atoms with Crippen molar-refractivity contribution < 1.29 is 0 Å². The van der Waals surface area contributed by atoms with Gasteiger partial charge in [0.15, 0.2) is 0 Å². The average Bonchev–Trinajstić information content (AvgIpc) is 2.29. The van der Waals surface area contributed by atoms with Gasteiger partial charge in [0.2, 0.25) is 0 Å². The van der Waals surface area contributed by atoms with Crippen molar-refractivity contribution in [2.24, 2.45) is 0 Å². The van der Waals surface area contributed by atoms with Crippen LogP contribution in [0.25, 0.3) is 0 Å². The molecule has 0 atom stereocenters. The molecule has 0 N–H and O–H groups in total. The molecule has 3 nitrogen and oxygen atoms in total. The number of hydrogen-bond donors (Lipinski definition) is 0. The highest BCUT2D eigenvalue weighted by molar-refractivity contribution is 6.29. The molecule has 0 amide bonds. The molecule has 1 fully saturated rings. The maximum atomic E-state index is 5.88. The topological polar surface area (TPSA) is 21.1 Å². The Kier molecular flexibility index (Phi) is 1.62. The molecule has 1 aliphatic rings. The molecule has 0 spiro atoms. The summed E-state index contributed by atoms with van der Waals surface area (Å²) in [6.07, 6.45) is 3.47. The summed E-state index contributed by atoms with van der Waals surface area (Å²) in [7, 11) is 2.10. The van der Waals surface area contributed by atoms with Gasteiger partial charge in [-0.3, -0.25) is 0 Å². The fraction of sp³-hybridized carbons (Fsp3) is 0.571. The number of aromatic nitrogens is 2. The van der Waals surface area contributed by atoms with Crippen LogP contribution in [0.2, 0.25) is 5.15 Å². The Morgan fingerprint density at radius 2 is 2.36 bits per heavy atom. The lowest BCUT2D eigenvalue weighted by Gasteiger charge is -2.37. The molecule has 0 aromatic carbocycles. The predicted octanol–water partition coefficient (Wildman–Crippen LogP) is 1.02. The molecule has 1 aromatic heterocycles. The van der Waals surface area contributed by atoms with Gasteiger partial charge in [-0.05, 0) is 7.05 Å². The van der Waals surface area contributed by atoms with Crippen molar-refractivity contribution in [1.82, 2.24) is 14.5 Å².